The molecule has 0 aliphatic rings. The number of hydrogen-bond acceptors (Lipinski definition) is 7. The Labute approximate surface area is 213 Å². The Balaban J connectivity index is 0.00000220. The minimum atomic E-state index is -1.52. The van der Waals surface area contributed by atoms with Crippen LogP contribution in [0, 0.1) is 0 Å². The summed E-state index contributed by atoms with van der Waals surface area (Å²) in [5, 5.41) is 19.2. The Morgan fingerprint density at radius 2 is 1.32 bits per heavy atom. The summed E-state index contributed by atoms with van der Waals surface area (Å²) in [7, 11) is -3.03. The Hall–Kier alpha value is 0.893. The van der Waals surface area contributed by atoms with Crippen LogP contribution in [0.3, 0.4) is 0 Å². The summed E-state index contributed by atoms with van der Waals surface area (Å²) in [6.07, 6.45) is 4.50. The van der Waals surface area contributed by atoms with Crippen molar-refractivity contribution in [1.82, 2.24) is 9.97 Å². The van der Waals surface area contributed by atoms with Crippen LogP contribution >= 0.6 is 0 Å². The maximum absolute atomic E-state index is 11.4. The van der Waals surface area contributed by atoms with E-state index in [9.17, 15) is 14.8 Å². The van der Waals surface area contributed by atoms with Crippen LogP contribution < -0.4 is 10.9 Å². The topological polar surface area (TPSA) is 102 Å². The van der Waals surface area contributed by atoms with E-state index in [0.29, 0.717) is 10.9 Å². The Bertz CT molecular complexity index is 517. The first-order valence-electron chi connectivity index (χ1n) is 5.70. The maximum atomic E-state index is 11.4. The van der Waals surface area contributed by atoms with E-state index in [-0.39, 0.29) is 103 Å². The van der Waals surface area contributed by atoms with Gasteiger partial charge in [-0.05, 0) is 12.1 Å². The van der Waals surface area contributed by atoms with Crippen molar-refractivity contribution >= 4 is 134 Å². The molecule has 0 amide bonds. The number of hydrogen-bond donors (Lipinski definition) is 2. The van der Waals surface area contributed by atoms with Gasteiger partial charge in [-0.3, -0.25) is 9.97 Å². The first-order valence-corrected chi connectivity index (χ1v) is 5.70. The molecule has 0 unspecified atom stereocenters. The summed E-state index contributed by atoms with van der Waals surface area (Å²) in [5.41, 5.74) is 0.584. The summed E-state index contributed by atoms with van der Waals surface area (Å²) in [6, 6.07) is 6.22. The first kappa shape index (κ1) is 22.9. The van der Waals surface area contributed by atoms with Crippen molar-refractivity contribution < 1.29 is 24.2 Å². The summed E-state index contributed by atoms with van der Waals surface area (Å²) >= 11 is 0. The van der Waals surface area contributed by atoms with Crippen molar-refractivity contribution in [3.05, 3.63) is 49.1 Å². The molecule has 2 N–H and O–H groups in total. The summed E-state index contributed by atoms with van der Waals surface area (Å²) < 4.78 is 9.21. The van der Waals surface area contributed by atoms with E-state index in [0.717, 1.165) is 0 Å². The molecule has 0 spiro atoms. The van der Waals surface area contributed by atoms with Gasteiger partial charge < -0.3 is 19.4 Å². The summed E-state index contributed by atoms with van der Waals surface area (Å²) in [4.78, 5) is 18.9. The van der Waals surface area contributed by atoms with Crippen molar-refractivity contribution in [2.24, 2.45) is 0 Å². The predicted octanol–water partition coefficient (Wildman–Crippen LogP) is -2.59. The molecule has 11 heteroatoms. The average Bonchev–Trinajstić information content (AvgIpc) is 2.49. The predicted molar refractivity (Wildman–Crippen MR) is 85.6 cm³/mol. The van der Waals surface area contributed by atoms with Gasteiger partial charge in [0.05, 0.1) is 0 Å². The van der Waals surface area contributed by atoms with E-state index < -0.39 is 20.4 Å². The van der Waals surface area contributed by atoms with Gasteiger partial charge in [0.2, 0.25) is 0 Å². The fourth-order valence-electron chi connectivity index (χ4n) is 1.39. The van der Waals surface area contributed by atoms with Gasteiger partial charge in [0, 0.05) is 35.7 Å². The van der Waals surface area contributed by atoms with E-state index in [1.807, 2.05) is 0 Å². The standard InChI is InChI=1S/C11H10B2N2O5.2K.2H/c16-11(19-12(17)9-3-1-5-14-7-9)20-13(18)10-4-2-6-15-8-10;;;;/h1-8,17-18H;;;;. The molecule has 0 radical (unpaired) electrons. The second-order valence-corrected chi connectivity index (χ2v) is 3.76. The van der Waals surface area contributed by atoms with Crippen LogP contribution in [0.2, 0.25) is 0 Å². The average molecular weight is 352 g/mol. The van der Waals surface area contributed by atoms with Crippen molar-refractivity contribution in [3.63, 3.8) is 0 Å². The third-order valence-electron chi connectivity index (χ3n) is 2.35. The van der Waals surface area contributed by atoms with Gasteiger partial charge in [0.25, 0.3) is 0 Å². The van der Waals surface area contributed by atoms with Crippen molar-refractivity contribution in [2.45, 2.75) is 0 Å². The van der Waals surface area contributed by atoms with Gasteiger partial charge in [0.15, 0.2) is 0 Å². The van der Waals surface area contributed by atoms with E-state index in [1.165, 1.54) is 36.9 Å². The number of nitrogens with zero attached hydrogens (tertiary/aromatic N) is 2. The zero-order chi connectivity index (χ0) is 14.4. The number of carbonyl (C=O) groups is 1. The second-order valence-electron chi connectivity index (χ2n) is 3.76. The Morgan fingerprint density at radius 1 is 0.909 bits per heavy atom. The number of aromatic nitrogens is 2. The van der Waals surface area contributed by atoms with E-state index in [1.54, 1.807) is 12.1 Å². The molecule has 0 atom stereocenters. The molecule has 2 aromatic heterocycles. The molecule has 0 saturated carbocycles. The molecular weight excluding hydrogens is 340 g/mol. The first-order chi connectivity index (χ1) is 9.66. The summed E-state index contributed by atoms with van der Waals surface area (Å²) in [6.45, 7) is 0. The molecule has 2 rings (SSSR count). The molecule has 0 aliphatic carbocycles. The van der Waals surface area contributed by atoms with Crippen LogP contribution in [0.4, 0.5) is 4.79 Å². The number of carbonyl (C=O) groups excluding carboxylic acids is 1. The molecule has 0 aromatic carbocycles. The van der Waals surface area contributed by atoms with Gasteiger partial charge in [-0.15, -0.1) is 0 Å². The van der Waals surface area contributed by atoms with Gasteiger partial charge >= 0.3 is 123 Å². The van der Waals surface area contributed by atoms with Gasteiger partial charge in [-0.25, -0.2) is 4.79 Å². The minimum absolute atomic E-state index is 0. The molecule has 0 fully saturated rings. The van der Waals surface area contributed by atoms with Crippen molar-refractivity contribution in [1.29, 1.82) is 0 Å². The molecule has 22 heavy (non-hydrogen) atoms. The molecule has 0 aliphatic heterocycles. The molecule has 0 bridgehead atoms. The third-order valence-corrected chi connectivity index (χ3v) is 2.35. The van der Waals surface area contributed by atoms with Crippen molar-refractivity contribution in [2.75, 3.05) is 0 Å². The zero-order valence-electron chi connectivity index (χ0n) is 10.3. The van der Waals surface area contributed by atoms with Gasteiger partial charge in [-0.1, -0.05) is 12.1 Å². The van der Waals surface area contributed by atoms with Crippen LogP contribution in [0.25, 0.3) is 0 Å². The SMILES string of the molecule is O=C(OB(O)c1cccnc1)OB(O)c1cccnc1.[KH].[KH]. The molecule has 7 nitrogen and oxygen atoms in total. The van der Waals surface area contributed by atoms with Gasteiger partial charge in [0.1, 0.15) is 0 Å². The fraction of sp³-hybridized carbons (Fsp3) is 0. The Morgan fingerprint density at radius 3 is 1.64 bits per heavy atom. The molecule has 0 saturated heterocycles. The van der Waals surface area contributed by atoms with E-state index in [2.05, 4.69) is 19.3 Å². The van der Waals surface area contributed by atoms with Crippen LogP contribution in [-0.4, -0.2) is 143 Å². The Kier molecular flexibility index (Phi) is 12.8. The van der Waals surface area contributed by atoms with E-state index in [4.69, 9.17) is 0 Å². The van der Waals surface area contributed by atoms with Crippen LogP contribution in [0.1, 0.15) is 0 Å². The second kappa shape index (κ2) is 12.3. The quantitative estimate of drug-likeness (QED) is 0.583. The number of rotatable bonds is 4. The van der Waals surface area contributed by atoms with Gasteiger partial charge in [-0.2, -0.15) is 0 Å². The van der Waals surface area contributed by atoms with Crippen LogP contribution in [0.15, 0.2) is 49.1 Å². The van der Waals surface area contributed by atoms with Crippen LogP contribution in [0.5, 0.6) is 0 Å². The normalized spacial score (nSPS) is 8.82. The molecule has 104 valence electrons. The van der Waals surface area contributed by atoms with E-state index >= 15 is 0 Å². The molecule has 2 heterocycles. The third kappa shape index (κ3) is 7.64. The molecular formula is C11H12B2K2N2O5. The molecule has 2 aromatic rings. The van der Waals surface area contributed by atoms with Crippen molar-refractivity contribution in [3.8, 4) is 0 Å². The summed E-state index contributed by atoms with van der Waals surface area (Å²) in [5.74, 6) is 0. The number of pyridine rings is 2. The fourth-order valence-corrected chi connectivity index (χ4v) is 1.39. The monoisotopic (exact) mass is 352 g/mol. The van der Waals surface area contributed by atoms with Crippen LogP contribution in [-0.2, 0) is 9.31 Å². The zero-order valence-corrected chi connectivity index (χ0v) is 10.3.